The summed E-state index contributed by atoms with van der Waals surface area (Å²) in [5.41, 5.74) is 0. The molecule has 7 heteroatoms. The first-order valence-corrected chi connectivity index (χ1v) is 12.8. The maximum absolute atomic E-state index is 6.13. The summed E-state index contributed by atoms with van der Waals surface area (Å²) in [5, 5.41) is 0. The summed E-state index contributed by atoms with van der Waals surface area (Å²) in [7, 11) is 0. The highest BCUT2D eigenvalue weighted by molar-refractivity contribution is 9.11. The molecule has 0 bridgehead atoms. The highest BCUT2D eigenvalue weighted by Crippen LogP contribution is 2.46. The van der Waals surface area contributed by atoms with Crippen LogP contribution >= 0.6 is 60.2 Å². The van der Waals surface area contributed by atoms with Crippen molar-refractivity contribution < 1.29 is 0 Å². The van der Waals surface area contributed by atoms with Gasteiger partial charge in [0.1, 0.15) is 0 Å². The van der Waals surface area contributed by atoms with Crippen LogP contribution in [0, 0.1) is 0 Å². The zero-order chi connectivity index (χ0) is 8.70. The van der Waals surface area contributed by atoms with Crippen LogP contribution in [-0.2, 0) is 0 Å². The number of alkyl halides is 1. The Labute approximate surface area is 95.5 Å². The van der Waals surface area contributed by atoms with E-state index in [1.807, 2.05) is 0 Å². The van der Waals surface area contributed by atoms with Gasteiger partial charge in [0.15, 0.2) is 0 Å². The molecule has 0 amide bonds. The Kier molecular flexibility index (Phi) is 3.72. The quantitative estimate of drug-likeness (QED) is 0.356. The van der Waals surface area contributed by atoms with Gasteiger partial charge in [-0.15, -0.1) is 44.3 Å². The van der Waals surface area contributed by atoms with Gasteiger partial charge < -0.3 is 0 Å². The summed E-state index contributed by atoms with van der Waals surface area (Å²) in [6.07, 6.45) is 0.987. The predicted octanol–water partition coefficient (Wildman–Crippen LogP) is 4.07. The molecule has 0 N–H and O–H groups in total. The number of rotatable bonds is 0. The van der Waals surface area contributed by atoms with E-state index in [4.69, 9.17) is 44.3 Å². The van der Waals surface area contributed by atoms with Crippen molar-refractivity contribution in [3.8, 4) is 0 Å². The maximum Gasteiger partial charge on any atom is 0.264 e. The monoisotopic (exact) mass is 330 g/mol. The number of hydrogen-bond donors (Lipinski definition) is 0. The minimum absolute atomic E-state index is 0.0166. The van der Waals surface area contributed by atoms with Gasteiger partial charge in [0.2, 0.25) is 0 Å². The molecule has 0 aromatic carbocycles. The molecular weight excluding hydrogens is 326 g/mol. The molecule has 0 aromatic rings. The number of hydrogen-bond acceptors (Lipinski definition) is 0. The van der Waals surface area contributed by atoms with E-state index in [1.165, 1.54) is 0 Å². The molecule has 0 nitrogen and oxygen atoms in total. The summed E-state index contributed by atoms with van der Waals surface area (Å²) in [6.45, 7) is -4.34. The van der Waals surface area contributed by atoms with Crippen LogP contribution in [0.3, 0.4) is 0 Å². The van der Waals surface area contributed by atoms with Crippen LogP contribution in [0.4, 0.5) is 0 Å². The second kappa shape index (κ2) is 3.67. The van der Waals surface area contributed by atoms with Crippen LogP contribution in [0.2, 0.25) is 12.1 Å². The molecule has 0 radical (unpaired) electrons. The van der Waals surface area contributed by atoms with Crippen LogP contribution in [0.25, 0.3) is 0 Å². The molecule has 0 aromatic heterocycles. The molecule has 1 rings (SSSR count). The first kappa shape index (κ1) is 11.2. The van der Waals surface area contributed by atoms with Crippen LogP contribution in [0.15, 0.2) is 0 Å². The summed E-state index contributed by atoms with van der Waals surface area (Å²) >= 11 is 27.9. The van der Waals surface area contributed by atoms with Gasteiger partial charge in [0.05, 0.1) is 4.07 Å². The zero-order valence-corrected chi connectivity index (χ0v) is 12.2. The van der Waals surface area contributed by atoms with Crippen molar-refractivity contribution in [1.29, 1.82) is 0 Å². The van der Waals surface area contributed by atoms with Gasteiger partial charge in [-0.05, 0) is 12.1 Å². The molecule has 0 atom stereocenters. The van der Waals surface area contributed by atoms with Gasteiger partial charge in [-0.1, -0.05) is 22.4 Å². The molecule has 1 heterocycles. The highest BCUT2D eigenvalue weighted by Gasteiger charge is 2.54. The van der Waals surface area contributed by atoms with Crippen molar-refractivity contribution in [2.75, 3.05) is 0 Å². The Bertz CT molecular complexity index is 146. The standard InChI is InChI=1S/C4H7BrCl4Si2/c5-4-10(6,7)2-1-3-11(4,8)9/h4H,1-3H2. The lowest BCUT2D eigenvalue weighted by molar-refractivity contribution is 1.02. The largest absolute Gasteiger partial charge is 0.264 e. The third-order valence-electron chi connectivity index (χ3n) is 1.76. The molecule has 0 unspecified atom stereocenters. The molecule has 1 aliphatic heterocycles. The second-order valence-corrected chi connectivity index (χ2v) is 20.4. The van der Waals surface area contributed by atoms with E-state index in [1.54, 1.807) is 0 Å². The fraction of sp³-hybridized carbons (Fsp3) is 1.00. The molecular formula is C4H7BrCl4Si2. The molecule has 1 aliphatic rings. The Hall–Kier alpha value is 2.07. The molecule has 0 spiro atoms. The van der Waals surface area contributed by atoms with Crippen molar-refractivity contribution in [3.63, 3.8) is 0 Å². The van der Waals surface area contributed by atoms with Gasteiger partial charge in [-0.3, -0.25) is 0 Å². The number of halogens is 5. The van der Waals surface area contributed by atoms with E-state index in [0.29, 0.717) is 0 Å². The van der Waals surface area contributed by atoms with Gasteiger partial charge in [-0.2, -0.15) is 0 Å². The van der Waals surface area contributed by atoms with Gasteiger partial charge >= 0.3 is 0 Å². The van der Waals surface area contributed by atoms with E-state index in [9.17, 15) is 0 Å². The molecule has 1 saturated heterocycles. The first-order chi connectivity index (χ1) is 4.86. The van der Waals surface area contributed by atoms with E-state index in [-0.39, 0.29) is 4.07 Å². The average molecular weight is 333 g/mol. The Morgan fingerprint density at radius 2 is 1.36 bits per heavy atom. The van der Waals surface area contributed by atoms with Crippen LogP contribution < -0.4 is 0 Å². The lowest BCUT2D eigenvalue weighted by Gasteiger charge is -2.35. The van der Waals surface area contributed by atoms with Crippen LogP contribution in [0.5, 0.6) is 0 Å². The van der Waals surface area contributed by atoms with Gasteiger partial charge in [0.25, 0.3) is 13.4 Å². The Morgan fingerprint density at radius 1 is 1.00 bits per heavy atom. The van der Waals surface area contributed by atoms with Gasteiger partial charge in [-0.25, -0.2) is 0 Å². The smallest absolute Gasteiger partial charge is 0.145 e. The normalized spacial score (nSPS) is 30.3. The minimum Gasteiger partial charge on any atom is -0.145 e. The average Bonchev–Trinajstić information content (AvgIpc) is 1.82. The summed E-state index contributed by atoms with van der Waals surface area (Å²) < 4.78 is 0.0166. The van der Waals surface area contributed by atoms with E-state index in [0.717, 1.165) is 18.5 Å². The first-order valence-electron chi connectivity index (χ1n) is 3.26. The summed E-state index contributed by atoms with van der Waals surface area (Å²) in [5.74, 6) is 0. The lowest BCUT2D eigenvalue weighted by atomic mass is 10.6. The Balaban J connectivity index is 2.76. The van der Waals surface area contributed by atoms with Crippen molar-refractivity contribution in [2.24, 2.45) is 0 Å². The molecule has 11 heavy (non-hydrogen) atoms. The van der Waals surface area contributed by atoms with Gasteiger partial charge in [0, 0.05) is 0 Å². The van der Waals surface area contributed by atoms with Crippen molar-refractivity contribution in [1.82, 2.24) is 0 Å². The summed E-state index contributed by atoms with van der Waals surface area (Å²) in [6, 6.07) is 1.81. The fourth-order valence-electron chi connectivity index (χ4n) is 1.12. The van der Waals surface area contributed by atoms with Crippen LogP contribution in [0.1, 0.15) is 6.42 Å². The van der Waals surface area contributed by atoms with E-state index in [2.05, 4.69) is 15.9 Å². The van der Waals surface area contributed by atoms with Crippen molar-refractivity contribution >= 4 is 73.6 Å². The van der Waals surface area contributed by atoms with Crippen molar-refractivity contribution in [2.45, 2.75) is 22.6 Å². The Morgan fingerprint density at radius 3 is 1.64 bits per heavy atom. The molecule has 0 saturated carbocycles. The SMILES string of the molecule is Cl[Si]1(Cl)CCC[Si](Cl)(Cl)C1Br. The van der Waals surface area contributed by atoms with E-state index >= 15 is 0 Å². The maximum atomic E-state index is 6.13. The third kappa shape index (κ3) is 2.51. The molecule has 0 aliphatic carbocycles. The molecule has 66 valence electrons. The highest BCUT2D eigenvalue weighted by atomic mass is 79.9. The third-order valence-corrected chi connectivity index (χ3v) is 23.2. The van der Waals surface area contributed by atoms with Crippen molar-refractivity contribution in [3.05, 3.63) is 0 Å². The molecule has 1 fully saturated rings. The van der Waals surface area contributed by atoms with Crippen LogP contribution in [-0.4, -0.2) is 17.5 Å². The van der Waals surface area contributed by atoms with E-state index < -0.39 is 13.4 Å². The topological polar surface area (TPSA) is 0 Å². The lowest BCUT2D eigenvalue weighted by Crippen LogP contribution is -2.51. The minimum atomic E-state index is -2.17. The predicted molar refractivity (Wildman–Crippen MR) is 61.9 cm³/mol. The summed E-state index contributed by atoms with van der Waals surface area (Å²) in [4.78, 5) is 0. The zero-order valence-electron chi connectivity index (χ0n) is 5.59. The second-order valence-electron chi connectivity index (χ2n) is 2.74. The fourth-order valence-corrected chi connectivity index (χ4v) is 18.3.